The second kappa shape index (κ2) is 6.28. The molecule has 1 saturated heterocycles. The van der Waals surface area contributed by atoms with E-state index in [4.69, 9.17) is 4.74 Å². The van der Waals surface area contributed by atoms with Crippen molar-refractivity contribution in [2.75, 3.05) is 32.9 Å². The summed E-state index contributed by atoms with van der Waals surface area (Å²) >= 11 is 0. The topological polar surface area (TPSA) is 49.8 Å². The molecule has 1 aromatic rings. The fourth-order valence-electron chi connectivity index (χ4n) is 2.26. The Morgan fingerprint density at radius 3 is 2.89 bits per heavy atom. The fraction of sp³-hybridized carbons (Fsp3) is 0.533. The SMILES string of the molecule is Cc1ccc(C(=O)CN2CCOCC2CO)cc1C. The summed E-state index contributed by atoms with van der Waals surface area (Å²) in [6.45, 7) is 6.23. The number of carbonyl (C=O) groups is 1. The second-order valence-corrected chi connectivity index (χ2v) is 5.10. The van der Waals surface area contributed by atoms with Crippen LogP contribution in [0.25, 0.3) is 0 Å². The second-order valence-electron chi connectivity index (χ2n) is 5.10. The van der Waals surface area contributed by atoms with E-state index in [0.717, 1.165) is 11.1 Å². The molecule has 0 saturated carbocycles. The third-order valence-corrected chi connectivity index (χ3v) is 3.74. The van der Waals surface area contributed by atoms with E-state index in [1.165, 1.54) is 5.56 Å². The van der Waals surface area contributed by atoms with E-state index in [0.29, 0.717) is 26.3 Å². The molecule has 1 unspecified atom stereocenters. The number of nitrogens with zero attached hydrogens (tertiary/aromatic N) is 1. The molecule has 1 aliphatic heterocycles. The van der Waals surface area contributed by atoms with Gasteiger partial charge in [0.1, 0.15) is 0 Å². The zero-order chi connectivity index (χ0) is 13.8. The number of hydrogen-bond donors (Lipinski definition) is 1. The maximum Gasteiger partial charge on any atom is 0.176 e. The maximum absolute atomic E-state index is 12.3. The van der Waals surface area contributed by atoms with Gasteiger partial charge in [0.25, 0.3) is 0 Å². The predicted octanol–water partition coefficient (Wildman–Crippen LogP) is 1.18. The first-order valence-corrected chi connectivity index (χ1v) is 6.65. The monoisotopic (exact) mass is 263 g/mol. The van der Waals surface area contributed by atoms with Crippen LogP contribution < -0.4 is 0 Å². The molecule has 0 aromatic heterocycles. The molecule has 4 heteroatoms. The van der Waals surface area contributed by atoms with Crippen molar-refractivity contribution in [1.82, 2.24) is 4.90 Å². The third-order valence-electron chi connectivity index (χ3n) is 3.74. The van der Waals surface area contributed by atoms with Crippen LogP contribution in [0.3, 0.4) is 0 Å². The van der Waals surface area contributed by atoms with Gasteiger partial charge in [-0.15, -0.1) is 0 Å². The van der Waals surface area contributed by atoms with E-state index in [9.17, 15) is 9.90 Å². The summed E-state index contributed by atoms with van der Waals surface area (Å²) in [4.78, 5) is 14.3. The Hall–Kier alpha value is -1.23. The summed E-state index contributed by atoms with van der Waals surface area (Å²) in [5, 5.41) is 9.29. The smallest absolute Gasteiger partial charge is 0.176 e. The van der Waals surface area contributed by atoms with Gasteiger partial charge in [-0.3, -0.25) is 9.69 Å². The van der Waals surface area contributed by atoms with Crippen LogP contribution in [0.15, 0.2) is 18.2 Å². The van der Waals surface area contributed by atoms with Crippen molar-refractivity contribution in [3.05, 3.63) is 34.9 Å². The Balaban J connectivity index is 2.05. The highest BCUT2D eigenvalue weighted by Gasteiger charge is 2.24. The molecule has 1 heterocycles. The van der Waals surface area contributed by atoms with Gasteiger partial charge in [-0.1, -0.05) is 12.1 Å². The molecule has 0 aliphatic carbocycles. The normalized spacial score (nSPS) is 20.5. The van der Waals surface area contributed by atoms with Crippen LogP contribution >= 0.6 is 0 Å². The Bertz CT molecular complexity index is 459. The zero-order valence-electron chi connectivity index (χ0n) is 11.6. The fourth-order valence-corrected chi connectivity index (χ4v) is 2.26. The number of hydrogen-bond acceptors (Lipinski definition) is 4. The van der Waals surface area contributed by atoms with Crippen molar-refractivity contribution >= 4 is 5.78 Å². The predicted molar refractivity (Wildman–Crippen MR) is 73.5 cm³/mol. The van der Waals surface area contributed by atoms with Crippen molar-refractivity contribution < 1.29 is 14.6 Å². The number of aliphatic hydroxyl groups excluding tert-OH is 1. The van der Waals surface area contributed by atoms with E-state index in [1.807, 2.05) is 36.9 Å². The molecule has 2 rings (SSSR count). The summed E-state index contributed by atoms with van der Waals surface area (Å²) in [5.41, 5.74) is 3.06. The van der Waals surface area contributed by atoms with E-state index in [1.54, 1.807) is 0 Å². The lowest BCUT2D eigenvalue weighted by molar-refractivity contribution is -0.0240. The Kier molecular flexibility index (Phi) is 4.69. The molecule has 1 aliphatic rings. The quantitative estimate of drug-likeness (QED) is 0.829. The zero-order valence-corrected chi connectivity index (χ0v) is 11.6. The van der Waals surface area contributed by atoms with Gasteiger partial charge in [0.15, 0.2) is 5.78 Å². The standard InChI is InChI=1S/C15H21NO3/c1-11-3-4-13(7-12(11)2)15(18)8-16-5-6-19-10-14(16)9-17/h3-4,7,14,17H,5-6,8-10H2,1-2H3. The first-order chi connectivity index (χ1) is 9.11. The van der Waals surface area contributed by atoms with Crippen LogP contribution in [0.4, 0.5) is 0 Å². The number of aliphatic hydroxyl groups is 1. The summed E-state index contributed by atoms with van der Waals surface area (Å²) in [6.07, 6.45) is 0. The van der Waals surface area contributed by atoms with Gasteiger partial charge in [-0.05, 0) is 31.0 Å². The van der Waals surface area contributed by atoms with Crippen molar-refractivity contribution in [3.8, 4) is 0 Å². The first-order valence-electron chi connectivity index (χ1n) is 6.65. The van der Waals surface area contributed by atoms with Crippen LogP contribution in [0.2, 0.25) is 0 Å². The molecule has 19 heavy (non-hydrogen) atoms. The van der Waals surface area contributed by atoms with Gasteiger partial charge < -0.3 is 9.84 Å². The molecule has 0 amide bonds. The summed E-state index contributed by atoms with van der Waals surface area (Å²) in [5.74, 6) is 0.100. The molecular formula is C15H21NO3. The highest BCUT2D eigenvalue weighted by Crippen LogP contribution is 2.13. The van der Waals surface area contributed by atoms with E-state index >= 15 is 0 Å². The van der Waals surface area contributed by atoms with Gasteiger partial charge in [-0.2, -0.15) is 0 Å². The number of carbonyl (C=O) groups excluding carboxylic acids is 1. The van der Waals surface area contributed by atoms with Gasteiger partial charge in [0.05, 0.1) is 32.4 Å². The molecule has 1 N–H and O–H groups in total. The number of benzene rings is 1. The van der Waals surface area contributed by atoms with Crippen molar-refractivity contribution in [2.45, 2.75) is 19.9 Å². The van der Waals surface area contributed by atoms with Gasteiger partial charge >= 0.3 is 0 Å². The first kappa shape index (κ1) is 14.2. The van der Waals surface area contributed by atoms with E-state index in [-0.39, 0.29) is 18.4 Å². The van der Waals surface area contributed by atoms with Crippen LogP contribution in [-0.4, -0.2) is 54.7 Å². The number of aryl methyl sites for hydroxylation is 2. The Morgan fingerprint density at radius 2 is 2.21 bits per heavy atom. The minimum Gasteiger partial charge on any atom is -0.395 e. The molecule has 1 aromatic carbocycles. The molecule has 0 radical (unpaired) electrons. The number of ketones is 1. The number of rotatable bonds is 4. The van der Waals surface area contributed by atoms with Crippen LogP contribution in [-0.2, 0) is 4.74 Å². The maximum atomic E-state index is 12.3. The van der Waals surface area contributed by atoms with Crippen LogP contribution in [0, 0.1) is 13.8 Å². The summed E-state index contributed by atoms with van der Waals surface area (Å²) in [7, 11) is 0. The number of Topliss-reactive ketones (excluding diaryl/α,β-unsaturated/α-hetero) is 1. The summed E-state index contributed by atoms with van der Waals surface area (Å²) < 4.78 is 5.31. The molecule has 0 bridgehead atoms. The molecule has 1 fully saturated rings. The van der Waals surface area contributed by atoms with Crippen LogP contribution in [0.5, 0.6) is 0 Å². The van der Waals surface area contributed by atoms with Crippen LogP contribution in [0.1, 0.15) is 21.5 Å². The molecule has 0 spiro atoms. The summed E-state index contributed by atoms with van der Waals surface area (Å²) in [6, 6.07) is 5.72. The van der Waals surface area contributed by atoms with E-state index < -0.39 is 0 Å². The largest absolute Gasteiger partial charge is 0.395 e. The minimum atomic E-state index is -0.0655. The van der Waals surface area contributed by atoms with Gasteiger partial charge in [0.2, 0.25) is 0 Å². The van der Waals surface area contributed by atoms with Crippen molar-refractivity contribution in [2.24, 2.45) is 0 Å². The highest BCUT2D eigenvalue weighted by molar-refractivity contribution is 5.97. The Morgan fingerprint density at radius 1 is 1.42 bits per heavy atom. The molecule has 104 valence electrons. The lowest BCUT2D eigenvalue weighted by Crippen LogP contribution is -2.49. The average molecular weight is 263 g/mol. The minimum absolute atomic E-state index is 0.0280. The highest BCUT2D eigenvalue weighted by atomic mass is 16.5. The molecular weight excluding hydrogens is 242 g/mol. The lowest BCUT2D eigenvalue weighted by Gasteiger charge is -2.33. The average Bonchev–Trinajstić information content (AvgIpc) is 2.42. The van der Waals surface area contributed by atoms with Gasteiger partial charge in [0, 0.05) is 12.1 Å². The third kappa shape index (κ3) is 3.41. The number of ether oxygens (including phenoxy) is 1. The van der Waals surface area contributed by atoms with E-state index in [2.05, 4.69) is 0 Å². The number of morpholine rings is 1. The van der Waals surface area contributed by atoms with Crippen molar-refractivity contribution in [1.29, 1.82) is 0 Å². The lowest BCUT2D eigenvalue weighted by atomic mass is 10.0. The van der Waals surface area contributed by atoms with Crippen molar-refractivity contribution in [3.63, 3.8) is 0 Å². The molecule has 4 nitrogen and oxygen atoms in total. The Labute approximate surface area is 114 Å². The van der Waals surface area contributed by atoms with Gasteiger partial charge in [-0.25, -0.2) is 0 Å². The molecule has 1 atom stereocenters.